The minimum atomic E-state index is -0.794. The van der Waals surface area contributed by atoms with E-state index >= 15 is 0 Å². The van der Waals surface area contributed by atoms with E-state index in [4.69, 9.17) is 0 Å². The summed E-state index contributed by atoms with van der Waals surface area (Å²) in [4.78, 5) is 4.57. The molecule has 146 valence electrons. The molecule has 0 radical (unpaired) electrons. The zero-order valence-corrected chi connectivity index (χ0v) is 16.7. The first-order valence-electron chi connectivity index (χ1n) is 10.9. The van der Waals surface area contributed by atoms with Crippen LogP contribution in [0, 0.1) is 28.6 Å². The Kier molecular flexibility index (Phi) is 3.91. The molecule has 2 N–H and O–H groups in total. The first kappa shape index (κ1) is 17.9. The summed E-state index contributed by atoms with van der Waals surface area (Å²) < 4.78 is 0. The zero-order valence-electron chi connectivity index (χ0n) is 16.7. The second-order valence-electron chi connectivity index (χ2n) is 10.2. The van der Waals surface area contributed by atoms with Gasteiger partial charge in [0.25, 0.3) is 0 Å². The van der Waals surface area contributed by atoms with Crippen LogP contribution in [0.15, 0.2) is 36.0 Å². The molecule has 0 unspecified atom stereocenters. The minimum absolute atomic E-state index is 0.0849. The number of aliphatic hydroxyl groups is 2. The van der Waals surface area contributed by atoms with E-state index in [0.717, 1.165) is 50.6 Å². The SMILES string of the molecule is C[C@]12CC[C@H](O)CC1=CC[C@@H]1[C@@H]2CC[C@@]2(C)[C@H]1CC[C@@]2(O)c1ccccn1. The van der Waals surface area contributed by atoms with Crippen LogP contribution in [-0.4, -0.2) is 21.3 Å². The molecule has 0 spiro atoms. The van der Waals surface area contributed by atoms with Crippen LogP contribution in [0.1, 0.15) is 70.9 Å². The van der Waals surface area contributed by atoms with Crippen molar-refractivity contribution in [1.82, 2.24) is 4.98 Å². The average molecular weight is 368 g/mol. The van der Waals surface area contributed by atoms with Crippen LogP contribution in [0.2, 0.25) is 0 Å². The lowest BCUT2D eigenvalue weighted by atomic mass is 9.47. The fourth-order valence-corrected chi connectivity index (χ4v) is 7.69. The van der Waals surface area contributed by atoms with E-state index in [1.807, 2.05) is 24.4 Å². The molecule has 0 saturated heterocycles. The Morgan fingerprint density at radius 3 is 2.63 bits per heavy atom. The van der Waals surface area contributed by atoms with Gasteiger partial charge >= 0.3 is 0 Å². The normalized spacial score (nSPS) is 49.0. The van der Waals surface area contributed by atoms with Gasteiger partial charge in [-0.15, -0.1) is 0 Å². The number of nitrogens with zero attached hydrogens (tertiary/aromatic N) is 1. The quantitative estimate of drug-likeness (QED) is 0.714. The number of fused-ring (bicyclic) bond motifs is 5. The molecule has 0 bridgehead atoms. The lowest BCUT2D eigenvalue weighted by Gasteiger charge is -2.58. The van der Waals surface area contributed by atoms with Crippen molar-refractivity contribution in [3.8, 4) is 0 Å². The monoisotopic (exact) mass is 367 g/mol. The van der Waals surface area contributed by atoms with Gasteiger partial charge in [0.2, 0.25) is 0 Å². The second kappa shape index (κ2) is 5.90. The molecule has 27 heavy (non-hydrogen) atoms. The molecule has 0 aliphatic heterocycles. The number of hydrogen-bond acceptors (Lipinski definition) is 3. The van der Waals surface area contributed by atoms with E-state index in [1.54, 1.807) is 0 Å². The maximum Gasteiger partial charge on any atom is 0.112 e. The Morgan fingerprint density at radius 1 is 1.04 bits per heavy atom. The van der Waals surface area contributed by atoms with Gasteiger partial charge in [0, 0.05) is 11.6 Å². The molecule has 0 aromatic carbocycles. The zero-order chi connectivity index (χ0) is 18.9. The molecule has 7 atom stereocenters. The summed E-state index contributed by atoms with van der Waals surface area (Å²) in [6.07, 6.45) is 12.4. The lowest BCUT2D eigenvalue weighted by Crippen LogP contribution is -2.53. The lowest BCUT2D eigenvalue weighted by molar-refractivity contribution is -0.131. The van der Waals surface area contributed by atoms with Crippen molar-refractivity contribution >= 4 is 0 Å². The third kappa shape index (κ3) is 2.31. The van der Waals surface area contributed by atoms with Gasteiger partial charge in [0.1, 0.15) is 5.60 Å². The Bertz CT molecular complexity index is 761. The van der Waals surface area contributed by atoms with Crippen molar-refractivity contribution in [2.24, 2.45) is 28.6 Å². The number of aromatic nitrogens is 1. The van der Waals surface area contributed by atoms with Gasteiger partial charge in [-0.25, -0.2) is 0 Å². The predicted molar refractivity (Wildman–Crippen MR) is 106 cm³/mol. The van der Waals surface area contributed by atoms with Crippen LogP contribution in [0.4, 0.5) is 0 Å². The van der Waals surface area contributed by atoms with Crippen LogP contribution in [0.3, 0.4) is 0 Å². The smallest absolute Gasteiger partial charge is 0.112 e. The summed E-state index contributed by atoms with van der Waals surface area (Å²) in [5, 5.41) is 22.0. The van der Waals surface area contributed by atoms with Crippen LogP contribution in [-0.2, 0) is 5.60 Å². The molecule has 1 aromatic rings. The fourth-order valence-electron chi connectivity index (χ4n) is 7.69. The van der Waals surface area contributed by atoms with Crippen molar-refractivity contribution in [2.75, 3.05) is 0 Å². The molecule has 3 saturated carbocycles. The number of rotatable bonds is 1. The van der Waals surface area contributed by atoms with E-state index in [1.165, 1.54) is 12.0 Å². The Hall–Kier alpha value is -1.19. The summed E-state index contributed by atoms with van der Waals surface area (Å²) in [6, 6.07) is 5.96. The first-order valence-corrected chi connectivity index (χ1v) is 10.9. The van der Waals surface area contributed by atoms with Gasteiger partial charge in [-0.1, -0.05) is 31.6 Å². The largest absolute Gasteiger partial charge is 0.393 e. The number of hydrogen-bond donors (Lipinski definition) is 2. The molecular weight excluding hydrogens is 334 g/mol. The number of aliphatic hydroxyl groups excluding tert-OH is 1. The minimum Gasteiger partial charge on any atom is -0.393 e. The second-order valence-corrected chi connectivity index (χ2v) is 10.2. The topological polar surface area (TPSA) is 53.4 Å². The number of pyridine rings is 1. The number of allylic oxidation sites excluding steroid dienone is 1. The molecule has 4 aliphatic carbocycles. The van der Waals surface area contributed by atoms with Gasteiger partial charge in [0.05, 0.1) is 11.8 Å². The molecule has 1 heterocycles. The predicted octanol–water partition coefficient (Wildman–Crippen LogP) is 4.59. The summed E-state index contributed by atoms with van der Waals surface area (Å²) >= 11 is 0. The first-order chi connectivity index (χ1) is 12.9. The molecule has 5 rings (SSSR count). The highest BCUT2D eigenvalue weighted by atomic mass is 16.3. The third-order valence-electron chi connectivity index (χ3n) is 9.32. The standard InChI is InChI=1S/C24H33NO2/c1-22-11-8-17(26)15-16(22)6-7-18-19(22)9-12-23(2)20(18)10-13-24(23,27)21-5-3-4-14-25-21/h3-6,14,17-20,26-27H,7-13,15H2,1-2H3/t17-,18+,19-,20-,22-,23-,24+/m0/s1. The molecule has 3 heteroatoms. The Labute approximate surface area is 162 Å². The van der Waals surface area contributed by atoms with Gasteiger partial charge in [-0.3, -0.25) is 4.98 Å². The molecular formula is C24H33NO2. The van der Waals surface area contributed by atoms with E-state index in [9.17, 15) is 10.2 Å². The van der Waals surface area contributed by atoms with Gasteiger partial charge in [0.15, 0.2) is 0 Å². The van der Waals surface area contributed by atoms with Crippen molar-refractivity contribution in [2.45, 2.75) is 76.9 Å². The highest BCUT2D eigenvalue weighted by molar-refractivity contribution is 5.28. The average Bonchev–Trinajstić information content (AvgIpc) is 2.95. The highest BCUT2D eigenvalue weighted by Gasteiger charge is 2.64. The summed E-state index contributed by atoms with van der Waals surface area (Å²) in [6.45, 7) is 4.80. The summed E-state index contributed by atoms with van der Waals surface area (Å²) in [7, 11) is 0. The van der Waals surface area contributed by atoms with Crippen LogP contribution in [0.25, 0.3) is 0 Å². The molecule has 1 aromatic heterocycles. The molecule has 4 aliphatic rings. The van der Waals surface area contributed by atoms with Gasteiger partial charge in [-0.05, 0) is 86.7 Å². The van der Waals surface area contributed by atoms with E-state index in [0.29, 0.717) is 17.8 Å². The highest BCUT2D eigenvalue weighted by Crippen LogP contribution is 2.68. The van der Waals surface area contributed by atoms with Gasteiger partial charge in [-0.2, -0.15) is 0 Å². The summed E-state index contributed by atoms with van der Waals surface area (Å²) in [5.74, 6) is 1.92. The van der Waals surface area contributed by atoms with Crippen molar-refractivity contribution < 1.29 is 10.2 Å². The van der Waals surface area contributed by atoms with Crippen molar-refractivity contribution in [3.05, 3.63) is 41.7 Å². The van der Waals surface area contributed by atoms with Gasteiger partial charge < -0.3 is 10.2 Å². The van der Waals surface area contributed by atoms with Crippen molar-refractivity contribution in [1.29, 1.82) is 0 Å². The Morgan fingerprint density at radius 2 is 1.85 bits per heavy atom. The van der Waals surface area contributed by atoms with Crippen LogP contribution < -0.4 is 0 Å². The van der Waals surface area contributed by atoms with E-state index < -0.39 is 5.60 Å². The maximum atomic E-state index is 11.8. The molecule has 3 fully saturated rings. The summed E-state index contributed by atoms with van der Waals surface area (Å²) in [5.41, 5.74) is 1.77. The van der Waals surface area contributed by atoms with E-state index in [2.05, 4.69) is 24.9 Å². The fraction of sp³-hybridized carbons (Fsp3) is 0.708. The van der Waals surface area contributed by atoms with Crippen LogP contribution in [0.5, 0.6) is 0 Å². The maximum absolute atomic E-state index is 11.8. The third-order valence-corrected chi connectivity index (χ3v) is 9.32. The van der Waals surface area contributed by atoms with E-state index in [-0.39, 0.29) is 16.9 Å². The van der Waals surface area contributed by atoms with Crippen LogP contribution >= 0.6 is 0 Å². The van der Waals surface area contributed by atoms with Crippen molar-refractivity contribution in [3.63, 3.8) is 0 Å². The molecule has 0 amide bonds. The Balaban J connectivity index is 1.51. The molecule has 3 nitrogen and oxygen atoms in total.